The molecule has 2 aromatic heterocycles. The highest BCUT2D eigenvalue weighted by molar-refractivity contribution is 9.10. The molecule has 0 saturated carbocycles. The minimum atomic E-state index is -0.650. The number of hydrogen-bond acceptors (Lipinski definition) is 9. The van der Waals surface area contributed by atoms with Gasteiger partial charge in [0.05, 0.1) is 10.5 Å². The van der Waals surface area contributed by atoms with Crippen LogP contribution in [0, 0.1) is 10.1 Å². The quantitative estimate of drug-likeness (QED) is 0.396. The van der Waals surface area contributed by atoms with Crippen LogP contribution in [-0.2, 0) is 0 Å². The van der Waals surface area contributed by atoms with E-state index in [0.29, 0.717) is 15.2 Å². The number of anilines is 3. The number of aromatic nitrogens is 3. The first-order valence-corrected chi connectivity index (χ1v) is 8.70. The van der Waals surface area contributed by atoms with Crippen LogP contribution >= 0.6 is 27.3 Å². The largest absolute Gasteiger partial charge is 0.355 e. The maximum absolute atomic E-state index is 12.2. The van der Waals surface area contributed by atoms with E-state index in [1.807, 2.05) is 0 Å². The van der Waals surface area contributed by atoms with Crippen molar-refractivity contribution in [3.05, 3.63) is 62.3 Å². The number of benzene rings is 1. The number of amides is 1. The third-order valence-corrected chi connectivity index (χ3v) is 4.46. The van der Waals surface area contributed by atoms with Crippen molar-refractivity contribution >= 4 is 55.6 Å². The van der Waals surface area contributed by atoms with Crippen LogP contribution in [0.25, 0.3) is 0 Å². The molecular formula is C14H10BrN7O3S. The number of carbonyl (C=O) groups excluding carboxylic acids is 1. The molecule has 3 aromatic rings. The topological polar surface area (TPSA) is 135 Å². The second-order valence-electron chi connectivity index (χ2n) is 4.70. The molecule has 1 aromatic carbocycles. The average molecular weight is 436 g/mol. The van der Waals surface area contributed by atoms with Gasteiger partial charge in [-0.1, -0.05) is 12.1 Å². The van der Waals surface area contributed by atoms with Gasteiger partial charge in [0.2, 0.25) is 11.6 Å². The lowest BCUT2D eigenvalue weighted by Crippen LogP contribution is -2.30. The van der Waals surface area contributed by atoms with E-state index >= 15 is 0 Å². The standard InChI is InChI=1S/C14H10BrN7O3S/c15-9-4-2-1-3-8(9)13(23)21-20-12-10(22(24)25)11(17-7-18-12)19-14-16-5-6-26-14/h1-7H,(H,21,23)(H2,16,17,18,19,20). The van der Waals surface area contributed by atoms with Gasteiger partial charge in [-0.3, -0.25) is 25.8 Å². The van der Waals surface area contributed by atoms with Gasteiger partial charge in [0.1, 0.15) is 6.33 Å². The molecule has 132 valence electrons. The lowest BCUT2D eigenvalue weighted by molar-refractivity contribution is -0.383. The van der Waals surface area contributed by atoms with E-state index in [-0.39, 0.29) is 11.6 Å². The number of thiazole rings is 1. The Morgan fingerprint density at radius 3 is 2.65 bits per heavy atom. The van der Waals surface area contributed by atoms with Crippen molar-refractivity contribution in [2.24, 2.45) is 0 Å². The van der Waals surface area contributed by atoms with Gasteiger partial charge in [0.15, 0.2) is 5.13 Å². The predicted octanol–water partition coefficient (Wildman–Crippen LogP) is 3.10. The zero-order valence-corrected chi connectivity index (χ0v) is 15.2. The lowest BCUT2D eigenvalue weighted by atomic mass is 10.2. The van der Waals surface area contributed by atoms with Gasteiger partial charge in [-0.15, -0.1) is 11.3 Å². The molecule has 3 N–H and O–H groups in total. The highest BCUT2D eigenvalue weighted by Crippen LogP contribution is 2.31. The molecule has 0 unspecified atom stereocenters. The summed E-state index contributed by atoms with van der Waals surface area (Å²) in [4.78, 5) is 34.7. The van der Waals surface area contributed by atoms with Crippen LogP contribution in [0.2, 0.25) is 0 Å². The van der Waals surface area contributed by atoms with E-state index in [1.165, 1.54) is 11.3 Å². The first-order valence-electron chi connectivity index (χ1n) is 7.03. The Morgan fingerprint density at radius 2 is 1.96 bits per heavy atom. The summed E-state index contributed by atoms with van der Waals surface area (Å²) in [5, 5.41) is 16.4. The molecular weight excluding hydrogens is 426 g/mol. The normalized spacial score (nSPS) is 10.2. The van der Waals surface area contributed by atoms with E-state index < -0.39 is 16.5 Å². The first-order chi connectivity index (χ1) is 12.6. The number of nitro groups is 1. The molecule has 0 aliphatic carbocycles. The summed E-state index contributed by atoms with van der Waals surface area (Å²) in [5.41, 5.74) is 4.79. The fourth-order valence-electron chi connectivity index (χ4n) is 1.95. The Bertz CT molecular complexity index is 951. The van der Waals surface area contributed by atoms with Crippen molar-refractivity contribution in [1.82, 2.24) is 20.4 Å². The van der Waals surface area contributed by atoms with Crippen LogP contribution in [0.4, 0.5) is 22.5 Å². The van der Waals surface area contributed by atoms with Gasteiger partial charge in [-0.2, -0.15) is 0 Å². The van der Waals surface area contributed by atoms with Crippen molar-refractivity contribution < 1.29 is 9.72 Å². The highest BCUT2D eigenvalue weighted by Gasteiger charge is 2.24. The van der Waals surface area contributed by atoms with Crippen LogP contribution in [0.5, 0.6) is 0 Å². The lowest BCUT2D eigenvalue weighted by Gasteiger charge is -2.10. The SMILES string of the molecule is O=C(NNc1ncnc(Nc2nccs2)c1[N+](=O)[O-])c1ccccc1Br. The van der Waals surface area contributed by atoms with E-state index in [4.69, 9.17) is 0 Å². The van der Waals surface area contributed by atoms with Gasteiger partial charge in [-0.05, 0) is 28.1 Å². The minimum Gasteiger partial charge on any atom is -0.310 e. The Kier molecular flexibility index (Phi) is 5.34. The number of nitrogens with one attached hydrogen (secondary N) is 3. The molecule has 0 spiro atoms. The smallest absolute Gasteiger partial charge is 0.310 e. The van der Waals surface area contributed by atoms with Crippen molar-refractivity contribution in [1.29, 1.82) is 0 Å². The van der Waals surface area contributed by atoms with E-state index in [9.17, 15) is 14.9 Å². The molecule has 3 rings (SSSR count). The van der Waals surface area contributed by atoms with E-state index in [1.54, 1.807) is 35.8 Å². The van der Waals surface area contributed by atoms with Gasteiger partial charge < -0.3 is 5.32 Å². The second kappa shape index (κ2) is 7.84. The fraction of sp³-hybridized carbons (Fsp3) is 0. The monoisotopic (exact) mass is 435 g/mol. The van der Waals surface area contributed by atoms with Crippen molar-refractivity contribution in [2.75, 3.05) is 10.7 Å². The Morgan fingerprint density at radius 1 is 1.19 bits per heavy atom. The fourth-order valence-corrected chi connectivity index (χ4v) is 2.94. The van der Waals surface area contributed by atoms with Gasteiger partial charge in [0, 0.05) is 16.0 Å². The summed E-state index contributed by atoms with van der Waals surface area (Å²) in [5.74, 6) is -0.693. The van der Waals surface area contributed by atoms with Crippen molar-refractivity contribution in [3.63, 3.8) is 0 Å². The highest BCUT2D eigenvalue weighted by atomic mass is 79.9. The summed E-state index contributed by atoms with van der Waals surface area (Å²) in [7, 11) is 0. The molecule has 10 nitrogen and oxygen atoms in total. The number of carbonyl (C=O) groups is 1. The molecule has 0 fully saturated rings. The van der Waals surface area contributed by atoms with Gasteiger partial charge in [-0.25, -0.2) is 15.0 Å². The number of hydrogen-bond donors (Lipinski definition) is 3. The van der Waals surface area contributed by atoms with E-state index in [0.717, 1.165) is 6.33 Å². The van der Waals surface area contributed by atoms with Crippen LogP contribution in [0.15, 0.2) is 46.6 Å². The van der Waals surface area contributed by atoms with Crippen LogP contribution in [-0.4, -0.2) is 25.8 Å². The summed E-state index contributed by atoms with van der Waals surface area (Å²) in [6.45, 7) is 0. The van der Waals surface area contributed by atoms with Crippen LogP contribution in [0.3, 0.4) is 0 Å². The van der Waals surface area contributed by atoms with Crippen molar-refractivity contribution in [3.8, 4) is 0 Å². The summed E-state index contributed by atoms with van der Waals surface area (Å²) >= 11 is 4.53. The average Bonchev–Trinajstić information content (AvgIpc) is 3.13. The summed E-state index contributed by atoms with van der Waals surface area (Å²) < 4.78 is 0.586. The molecule has 12 heteroatoms. The van der Waals surface area contributed by atoms with Crippen molar-refractivity contribution in [2.45, 2.75) is 0 Å². The molecule has 0 radical (unpaired) electrons. The molecule has 2 heterocycles. The predicted molar refractivity (Wildman–Crippen MR) is 99.3 cm³/mol. The Hall–Kier alpha value is -3.12. The van der Waals surface area contributed by atoms with E-state index in [2.05, 4.69) is 47.1 Å². The maximum atomic E-state index is 12.2. The molecule has 0 aliphatic rings. The maximum Gasteiger partial charge on any atom is 0.355 e. The second-order valence-corrected chi connectivity index (χ2v) is 6.45. The number of hydrazine groups is 1. The Balaban J connectivity index is 1.82. The molecule has 1 amide bonds. The Labute approximate surface area is 159 Å². The third kappa shape index (κ3) is 3.92. The zero-order chi connectivity index (χ0) is 18.5. The van der Waals surface area contributed by atoms with Crippen LogP contribution < -0.4 is 16.2 Å². The van der Waals surface area contributed by atoms with Gasteiger partial charge in [0.25, 0.3) is 5.91 Å². The molecule has 0 bridgehead atoms. The number of halogens is 1. The first kappa shape index (κ1) is 17.7. The molecule has 0 atom stereocenters. The number of rotatable bonds is 6. The van der Waals surface area contributed by atoms with Gasteiger partial charge >= 0.3 is 5.69 Å². The number of nitrogens with zero attached hydrogens (tertiary/aromatic N) is 4. The molecule has 0 saturated heterocycles. The molecule has 26 heavy (non-hydrogen) atoms. The molecule has 0 aliphatic heterocycles. The zero-order valence-electron chi connectivity index (χ0n) is 12.8. The van der Waals surface area contributed by atoms with Crippen LogP contribution in [0.1, 0.15) is 10.4 Å². The third-order valence-electron chi connectivity index (χ3n) is 3.08. The minimum absolute atomic E-state index is 0.0439. The summed E-state index contributed by atoms with van der Waals surface area (Å²) in [6, 6.07) is 6.77. The summed E-state index contributed by atoms with van der Waals surface area (Å²) in [6.07, 6.45) is 2.69.